The van der Waals surface area contributed by atoms with Crippen LogP contribution in [0.5, 0.6) is 11.5 Å². The topological polar surface area (TPSA) is 58.1 Å². The summed E-state index contributed by atoms with van der Waals surface area (Å²) in [6.07, 6.45) is 2.10. The van der Waals surface area contributed by atoms with Gasteiger partial charge in [0.2, 0.25) is 0 Å². The second kappa shape index (κ2) is 10.8. The SMILES string of the molecule is CN=C(NCC(C)c1ccccc1)NC1CCN(c2cc(OC)cc(OC)c2)CC1. The van der Waals surface area contributed by atoms with Crippen molar-refractivity contribution in [1.82, 2.24) is 10.6 Å². The molecule has 0 aromatic heterocycles. The van der Waals surface area contributed by atoms with E-state index in [1.54, 1.807) is 14.2 Å². The number of guanidine groups is 1. The smallest absolute Gasteiger partial charge is 0.191 e. The van der Waals surface area contributed by atoms with Crippen molar-refractivity contribution in [2.45, 2.75) is 31.7 Å². The van der Waals surface area contributed by atoms with E-state index in [0.717, 1.165) is 55.6 Å². The Morgan fingerprint density at radius 2 is 1.70 bits per heavy atom. The molecule has 2 N–H and O–H groups in total. The summed E-state index contributed by atoms with van der Waals surface area (Å²) in [6.45, 7) is 5.04. The lowest BCUT2D eigenvalue weighted by Crippen LogP contribution is -2.49. The molecule has 2 aromatic rings. The van der Waals surface area contributed by atoms with Crippen molar-refractivity contribution in [2.75, 3.05) is 45.8 Å². The van der Waals surface area contributed by atoms with Crippen LogP contribution in [-0.2, 0) is 0 Å². The van der Waals surface area contributed by atoms with E-state index in [1.165, 1.54) is 5.56 Å². The van der Waals surface area contributed by atoms with E-state index in [0.29, 0.717) is 12.0 Å². The Hall–Kier alpha value is -2.89. The maximum absolute atomic E-state index is 5.41. The molecule has 1 heterocycles. The molecule has 0 bridgehead atoms. The summed E-state index contributed by atoms with van der Waals surface area (Å²) in [4.78, 5) is 6.80. The number of hydrogen-bond donors (Lipinski definition) is 2. The number of benzene rings is 2. The first kappa shape index (κ1) is 21.8. The van der Waals surface area contributed by atoms with Crippen molar-refractivity contribution in [1.29, 1.82) is 0 Å². The molecule has 1 unspecified atom stereocenters. The minimum absolute atomic E-state index is 0.409. The van der Waals surface area contributed by atoms with Gasteiger partial charge in [-0.3, -0.25) is 4.99 Å². The van der Waals surface area contributed by atoms with Crippen LogP contribution in [0.4, 0.5) is 5.69 Å². The lowest BCUT2D eigenvalue weighted by atomic mass is 10.0. The van der Waals surface area contributed by atoms with Crippen LogP contribution in [0.2, 0.25) is 0 Å². The molecule has 0 saturated carbocycles. The summed E-state index contributed by atoms with van der Waals surface area (Å²) in [5, 5.41) is 7.07. The van der Waals surface area contributed by atoms with E-state index >= 15 is 0 Å². The maximum Gasteiger partial charge on any atom is 0.191 e. The van der Waals surface area contributed by atoms with Gasteiger partial charge in [-0.1, -0.05) is 37.3 Å². The van der Waals surface area contributed by atoms with Gasteiger partial charge in [0.25, 0.3) is 0 Å². The molecular formula is C24H34N4O2. The number of aliphatic imine (C=N–C) groups is 1. The number of anilines is 1. The van der Waals surface area contributed by atoms with Gasteiger partial charge in [-0.2, -0.15) is 0 Å². The fourth-order valence-electron chi connectivity index (χ4n) is 3.79. The van der Waals surface area contributed by atoms with Gasteiger partial charge >= 0.3 is 0 Å². The third kappa shape index (κ3) is 5.81. The van der Waals surface area contributed by atoms with E-state index in [2.05, 4.69) is 69.9 Å². The zero-order valence-electron chi connectivity index (χ0n) is 18.5. The van der Waals surface area contributed by atoms with Crippen LogP contribution in [0.15, 0.2) is 53.5 Å². The van der Waals surface area contributed by atoms with Gasteiger partial charge < -0.3 is 25.0 Å². The van der Waals surface area contributed by atoms with Gasteiger partial charge in [-0.25, -0.2) is 0 Å². The Bertz CT molecular complexity index is 795. The van der Waals surface area contributed by atoms with Gasteiger partial charge in [0.15, 0.2) is 5.96 Å². The van der Waals surface area contributed by atoms with E-state index in [4.69, 9.17) is 9.47 Å². The third-order valence-electron chi connectivity index (χ3n) is 5.71. The predicted octanol–water partition coefficient (Wildman–Crippen LogP) is 3.64. The molecular weight excluding hydrogens is 376 g/mol. The first-order chi connectivity index (χ1) is 14.6. The normalized spacial score (nSPS) is 16.1. The quantitative estimate of drug-likeness (QED) is 0.539. The molecule has 6 heteroatoms. The lowest BCUT2D eigenvalue weighted by molar-refractivity contribution is 0.393. The number of nitrogens with zero attached hydrogens (tertiary/aromatic N) is 2. The molecule has 0 amide bonds. The second-order valence-electron chi connectivity index (χ2n) is 7.74. The molecule has 1 atom stereocenters. The van der Waals surface area contributed by atoms with Crippen LogP contribution in [0.1, 0.15) is 31.2 Å². The van der Waals surface area contributed by atoms with Crippen molar-refractivity contribution in [2.24, 2.45) is 4.99 Å². The van der Waals surface area contributed by atoms with E-state index in [9.17, 15) is 0 Å². The summed E-state index contributed by atoms with van der Waals surface area (Å²) in [5.41, 5.74) is 2.48. The Kier molecular flexibility index (Phi) is 7.82. The zero-order valence-corrected chi connectivity index (χ0v) is 18.5. The highest BCUT2D eigenvalue weighted by Crippen LogP contribution is 2.30. The average molecular weight is 411 g/mol. The Balaban J connectivity index is 1.50. The monoisotopic (exact) mass is 410 g/mol. The number of hydrogen-bond acceptors (Lipinski definition) is 4. The van der Waals surface area contributed by atoms with Gasteiger partial charge in [0, 0.05) is 56.6 Å². The van der Waals surface area contributed by atoms with Crippen LogP contribution in [0.25, 0.3) is 0 Å². The number of ether oxygens (including phenoxy) is 2. The molecule has 0 radical (unpaired) electrons. The molecule has 0 aliphatic carbocycles. The zero-order chi connectivity index (χ0) is 21.3. The Labute approximate surface area is 180 Å². The van der Waals surface area contributed by atoms with Crippen molar-refractivity contribution in [3.05, 3.63) is 54.1 Å². The highest BCUT2D eigenvalue weighted by Gasteiger charge is 2.21. The summed E-state index contributed by atoms with van der Waals surface area (Å²) >= 11 is 0. The minimum atomic E-state index is 0.409. The standard InChI is InChI=1S/C24H34N4O2/c1-18(19-8-6-5-7-9-19)17-26-24(25-2)27-20-10-12-28(13-11-20)21-14-22(29-3)16-23(15-21)30-4/h5-9,14-16,18,20H,10-13,17H2,1-4H3,(H2,25,26,27). The van der Waals surface area contributed by atoms with Crippen LogP contribution in [-0.4, -0.2) is 52.9 Å². The Morgan fingerprint density at radius 1 is 1.07 bits per heavy atom. The highest BCUT2D eigenvalue weighted by atomic mass is 16.5. The third-order valence-corrected chi connectivity index (χ3v) is 5.71. The molecule has 1 aliphatic heterocycles. The van der Waals surface area contributed by atoms with Gasteiger partial charge in [0.1, 0.15) is 11.5 Å². The average Bonchev–Trinajstić information content (AvgIpc) is 2.82. The fourth-order valence-corrected chi connectivity index (χ4v) is 3.79. The largest absolute Gasteiger partial charge is 0.497 e. The fraction of sp³-hybridized carbons (Fsp3) is 0.458. The summed E-state index contributed by atoms with van der Waals surface area (Å²) in [5.74, 6) is 2.94. The summed E-state index contributed by atoms with van der Waals surface area (Å²) < 4.78 is 10.8. The van der Waals surface area contributed by atoms with E-state index in [-0.39, 0.29) is 0 Å². The maximum atomic E-state index is 5.41. The van der Waals surface area contributed by atoms with Crippen LogP contribution in [0.3, 0.4) is 0 Å². The van der Waals surface area contributed by atoms with E-state index < -0.39 is 0 Å². The molecule has 1 fully saturated rings. The van der Waals surface area contributed by atoms with Gasteiger partial charge in [-0.05, 0) is 24.3 Å². The van der Waals surface area contributed by atoms with Crippen molar-refractivity contribution >= 4 is 11.6 Å². The van der Waals surface area contributed by atoms with Crippen molar-refractivity contribution in [3.8, 4) is 11.5 Å². The van der Waals surface area contributed by atoms with Crippen LogP contribution >= 0.6 is 0 Å². The number of rotatable bonds is 7. The molecule has 1 aliphatic rings. The number of methoxy groups -OCH3 is 2. The minimum Gasteiger partial charge on any atom is -0.497 e. The predicted molar refractivity (Wildman–Crippen MR) is 124 cm³/mol. The van der Waals surface area contributed by atoms with Crippen LogP contribution < -0.4 is 25.0 Å². The van der Waals surface area contributed by atoms with E-state index in [1.807, 2.05) is 13.1 Å². The molecule has 1 saturated heterocycles. The van der Waals surface area contributed by atoms with Crippen LogP contribution in [0, 0.1) is 0 Å². The first-order valence-electron chi connectivity index (χ1n) is 10.6. The molecule has 0 spiro atoms. The van der Waals surface area contributed by atoms with Gasteiger partial charge in [0.05, 0.1) is 14.2 Å². The van der Waals surface area contributed by atoms with Crippen molar-refractivity contribution in [3.63, 3.8) is 0 Å². The Morgan fingerprint density at radius 3 is 2.27 bits per heavy atom. The van der Waals surface area contributed by atoms with Crippen molar-refractivity contribution < 1.29 is 9.47 Å². The van der Waals surface area contributed by atoms with Gasteiger partial charge in [-0.15, -0.1) is 0 Å². The molecule has 162 valence electrons. The molecule has 30 heavy (non-hydrogen) atoms. The first-order valence-corrected chi connectivity index (χ1v) is 10.6. The highest BCUT2D eigenvalue weighted by molar-refractivity contribution is 5.80. The molecule has 6 nitrogen and oxygen atoms in total. The molecule has 3 rings (SSSR count). The number of piperidine rings is 1. The number of nitrogens with one attached hydrogen (secondary N) is 2. The molecule has 2 aromatic carbocycles. The summed E-state index contributed by atoms with van der Waals surface area (Å²) in [7, 11) is 5.21. The summed E-state index contributed by atoms with van der Waals surface area (Å²) in [6, 6.07) is 17.0. The lowest BCUT2D eigenvalue weighted by Gasteiger charge is -2.35. The second-order valence-corrected chi connectivity index (χ2v) is 7.74.